The minimum absolute atomic E-state index is 0.103. The van der Waals surface area contributed by atoms with Crippen LogP contribution in [0.4, 0.5) is 13.2 Å². The summed E-state index contributed by atoms with van der Waals surface area (Å²) < 4.78 is 35.6. The van der Waals surface area contributed by atoms with Gasteiger partial charge in [0.25, 0.3) is 0 Å². The van der Waals surface area contributed by atoms with E-state index in [4.69, 9.17) is 5.73 Å². The lowest BCUT2D eigenvalue weighted by Gasteiger charge is -2.19. The molecule has 0 saturated heterocycles. The van der Waals surface area contributed by atoms with Gasteiger partial charge in [-0.3, -0.25) is 0 Å². The highest BCUT2D eigenvalue weighted by atomic mass is 19.4. The molecule has 0 aromatic heterocycles. The summed E-state index contributed by atoms with van der Waals surface area (Å²) in [7, 11) is 0. The van der Waals surface area contributed by atoms with E-state index in [9.17, 15) is 13.2 Å². The number of nitrogens with two attached hydrogens (primary N) is 1. The fourth-order valence-corrected chi connectivity index (χ4v) is 1.82. The number of hydrogen-bond acceptors (Lipinski definition) is 1. The summed E-state index contributed by atoms with van der Waals surface area (Å²) >= 11 is 0. The molecule has 4 heteroatoms. The maximum absolute atomic E-state index is 11.9. The van der Waals surface area contributed by atoms with E-state index in [0.29, 0.717) is 0 Å². The van der Waals surface area contributed by atoms with E-state index in [-0.39, 0.29) is 5.92 Å². The van der Waals surface area contributed by atoms with E-state index in [1.54, 1.807) is 0 Å². The van der Waals surface area contributed by atoms with E-state index in [0.717, 1.165) is 25.7 Å². The molecule has 0 aromatic rings. The van der Waals surface area contributed by atoms with Gasteiger partial charge in [0.05, 0.1) is 6.42 Å². The number of halogens is 3. The van der Waals surface area contributed by atoms with Gasteiger partial charge in [-0.2, -0.15) is 13.2 Å². The first-order valence-corrected chi connectivity index (χ1v) is 4.31. The summed E-state index contributed by atoms with van der Waals surface area (Å²) in [5.74, 6) is 0.103. The van der Waals surface area contributed by atoms with Gasteiger partial charge in [-0.05, 0) is 18.8 Å². The van der Waals surface area contributed by atoms with Crippen LogP contribution in [0.3, 0.4) is 0 Å². The first-order chi connectivity index (χ1) is 5.49. The van der Waals surface area contributed by atoms with Gasteiger partial charge in [0.1, 0.15) is 0 Å². The average Bonchev–Trinajstić information content (AvgIpc) is 2.32. The number of alkyl halides is 3. The summed E-state index contributed by atoms with van der Waals surface area (Å²) in [6, 6.07) is -0.674. The molecule has 0 unspecified atom stereocenters. The van der Waals surface area contributed by atoms with Crippen molar-refractivity contribution in [1.82, 2.24) is 0 Å². The lowest BCUT2D eigenvalue weighted by molar-refractivity contribution is -0.140. The van der Waals surface area contributed by atoms with Crippen molar-refractivity contribution in [3.05, 3.63) is 0 Å². The van der Waals surface area contributed by atoms with Crippen molar-refractivity contribution < 1.29 is 13.2 Å². The molecule has 0 heterocycles. The van der Waals surface area contributed by atoms with Crippen LogP contribution < -0.4 is 5.73 Å². The Kier molecular flexibility index (Phi) is 2.99. The Bertz CT molecular complexity index is 138. The van der Waals surface area contributed by atoms with Crippen LogP contribution in [0.25, 0.3) is 0 Å². The van der Waals surface area contributed by atoms with Crippen LogP contribution in [-0.2, 0) is 0 Å². The van der Waals surface area contributed by atoms with Crippen LogP contribution in [0.5, 0.6) is 0 Å². The molecular formula is C8H14F3N. The van der Waals surface area contributed by atoms with Gasteiger partial charge < -0.3 is 5.73 Å². The molecule has 1 rings (SSSR count). The summed E-state index contributed by atoms with van der Waals surface area (Å²) in [6.07, 6.45) is -1.10. The molecule has 0 radical (unpaired) electrons. The van der Waals surface area contributed by atoms with Crippen molar-refractivity contribution in [2.24, 2.45) is 11.7 Å². The smallest absolute Gasteiger partial charge is 0.327 e. The van der Waals surface area contributed by atoms with E-state index in [1.807, 2.05) is 0 Å². The lowest BCUT2D eigenvalue weighted by atomic mass is 9.96. The maximum Gasteiger partial charge on any atom is 0.390 e. The molecule has 0 bridgehead atoms. The quantitative estimate of drug-likeness (QED) is 0.695. The topological polar surface area (TPSA) is 26.0 Å². The Morgan fingerprint density at radius 3 is 2.17 bits per heavy atom. The average molecular weight is 181 g/mol. The first kappa shape index (κ1) is 9.84. The van der Waals surface area contributed by atoms with Crippen molar-refractivity contribution in [3.8, 4) is 0 Å². The normalized spacial score (nSPS) is 23.0. The summed E-state index contributed by atoms with van der Waals surface area (Å²) in [4.78, 5) is 0. The zero-order valence-corrected chi connectivity index (χ0v) is 6.90. The molecule has 12 heavy (non-hydrogen) atoms. The third-order valence-corrected chi connectivity index (χ3v) is 2.47. The van der Waals surface area contributed by atoms with Crippen molar-refractivity contribution in [3.63, 3.8) is 0 Å². The summed E-state index contributed by atoms with van der Waals surface area (Å²) in [5.41, 5.74) is 5.45. The molecule has 1 fully saturated rings. The number of rotatable bonds is 2. The Hall–Kier alpha value is -0.250. The van der Waals surface area contributed by atoms with Gasteiger partial charge in [0.15, 0.2) is 0 Å². The summed E-state index contributed by atoms with van der Waals surface area (Å²) in [5, 5.41) is 0. The predicted molar refractivity (Wildman–Crippen MR) is 40.6 cm³/mol. The minimum Gasteiger partial charge on any atom is -0.327 e. The maximum atomic E-state index is 11.9. The van der Waals surface area contributed by atoms with Crippen molar-refractivity contribution >= 4 is 0 Å². The summed E-state index contributed by atoms with van der Waals surface area (Å²) in [6.45, 7) is 0. The predicted octanol–water partition coefficient (Wildman–Crippen LogP) is 2.46. The van der Waals surface area contributed by atoms with Crippen molar-refractivity contribution in [2.75, 3.05) is 0 Å². The molecule has 1 aliphatic rings. The second-order valence-corrected chi connectivity index (χ2v) is 3.53. The molecule has 0 aromatic carbocycles. The Morgan fingerprint density at radius 2 is 1.75 bits per heavy atom. The molecule has 0 spiro atoms. The zero-order chi connectivity index (χ0) is 9.19. The minimum atomic E-state index is -4.10. The SMILES string of the molecule is N[C@H](CC(F)(F)F)C1CCCC1. The van der Waals surface area contributed by atoms with Crippen LogP contribution in [0, 0.1) is 5.92 Å². The Morgan fingerprint density at radius 1 is 1.25 bits per heavy atom. The van der Waals surface area contributed by atoms with Crippen LogP contribution in [-0.4, -0.2) is 12.2 Å². The van der Waals surface area contributed by atoms with Gasteiger partial charge in [-0.25, -0.2) is 0 Å². The lowest BCUT2D eigenvalue weighted by Crippen LogP contribution is -2.33. The molecule has 72 valence electrons. The van der Waals surface area contributed by atoms with E-state index >= 15 is 0 Å². The van der Waals surface area contributed by atoms with Crippen LogP contribution >= 0.6 is 0 Å². The Labute approximate surface area is 70.1 Å². The van der Waals surface area contributed by atoms with Gasteiger partial charge in [-0.1, -0.05) is 12.8 Å². The molecule has 2 N–H and O–H groups in total. The van der Waals surface area contributed by atoms with Gasteiger partial charge in [0, 0.05) is 6.04 Å². The van der Waals surface area contributed by atoms with E-state index in [2.05, 4.69) is 0 Å². The second kappa shape index (κ2) is 3.64. The van der Waals surface area contributed by atoms with Crippen molar-refractivity contribution in [1.29, 1.82) is 0 Å². The zero-order valence-electron chi connectivity index (χ0n) is 6.90. The third kappa shape index (κ3) is 3.01. The standard InChI is InChI=1S/C8H14F3N/c9-8(10,11)5-7(12)6-3-1-2-4-6/h6-7H,1-5,12H2/t7-/m1/s1. The van der Waals surface area contributed by atoms with Gasteiger partial charge in [-0.15, -0.1) is 0 Å². The highest BCUT2D eigenvalue weighted by Gasteiger charge is 2.34. The third-order valence-electron chi connectivity index (χ3n) is 2.47. The van der Waals surface area contributed by atoms with Crippen LogP contribution in [0.2, 0.25) is 0 Å². The first-order valence-electron chi connectivity index (χ1n) is 4.31. The van der Waals surface area contributed by atoms with E-state index < -0.39 is 18.6 Å². The number of hydrogen-bond donors (Lipinski definition) is 1. The highest BCUT2D eigenvalue weighted by molar-refractivity contribution is 4.79. The van der Waals surface area contributed by atoms with Gasteiger partial charge in [0.2, 0.25) is 0 Å². The monoisotopic (exact) mass is 181 g/mol. The molecule has 1 saturated carbocycles. The largest absolute Gasteiger partial charge is 0.390 e. The van der Waals surface area contributed by atoms with Crippen LogP contribution in [0.1, 0.15) is 32.1 Å². The Balaban J connectivity index is 2.31. The second-order valence-electron chi connectivity index (χ2n) is 3.53. The van der Waals surface area contributed by atoms with E-state index in [1.165, 1.54) is 0 Å². The molecule has 1 aliphatic carbocycles. The highest BCUT2D eigenvalue weighted by Crippen LogP contribution is 2.32. The van der Waals surface area contributed by atoms with Crippen molar-refractivity contribution in [2.45, 2.75) is 44.3 Å². The molecule has 1 atom stereocenters. The molecule has 0 aliphatic heterocycles. The fraction of sp³-hybridized carbons (Fsp3) is 1.00. The fourth-order valence-electron chi connectivity index (χ4n) is 1.82. The van der Waals surface area contributed by atoms with Gasteiger partial charge >= 0.3 is 6.18 Å². The van der Waals surface area contributed by atoms with Crippen LogP contribution in [0.15, 0.2) is 0 Å². The molecule has 1 nitrogen and oxygen atoms in total. The molecule has 0 amide bonds. The molecular weight excluding hydrogens is 167 g/mol.